The Hall–Kier alpha value is -1.37. The van der Waals surface area contributed by atoms with Gasteiger partial charge in [0.15, 0.2) is 4.80 Å². The van der Waals surface area contributed by atoms with Crippen molar-refractivity contribution < 1.29 is 9.53 Å². The predicted molar refractivity (Wildman–Crippen MR) is 108 cm³/mol. The molecule has 0 atom stereocenters. The smallest absolute Gasteiger partial charge is 0.281 e. The number of halogens is 3. The summed E-state index contributed by atoms with van der Waals surface area (Å²) in [6.07, 6.45) is 0. The van der Waals surface area contributed by atoms with Crippen LogP contribution in [0.4, 0.5) is 0 Å². The van der Waals surface area contributed by atoms with Crippen molar-refractivity contribution >= 4 is 62.3 Å². The van der Waals surface area contributed by atoms with E-state index >= 15 is 0 Å². The molecule has 8 heteroatoms. The number of carbonyl (C=O) groups excluding carboxylic acids is 1. The van der Waals surface area contributed by atoms with E-state index in [-0.39, 0.29) is 5.02 Å². The summed E-state index contributed by atoms with van der Waals surface area (Å²) in [5, 5.41) is 1.38. The number of nitrogens with zero attached hydrogens (tertiary/aromatic N) is 2. The Balaban J connectivity index is 2.08. The van der Waals surface area contributed by atoms with E-state index in [1.807, 2.05) is 29.7 Å². The number of aromatic nitrogens is 1. The molecular formula is C18H15Cl3N2O2S. The first-order valence-corrected chi connectivity index (χ1v) is 9.85. The van der Waals surface area contributed by atoms with Gasteiger partial charge >= 0.3 is 0 Å². The van der Waals surface area contributed by atoms with Crippen LogP contribution >= 0.6 is 46.1 Å². The third-order valence-electron chi connectivity index (χ3n) is 3.67. The molecule has 4 nitrogen and oxygen atoms in total. The maximum Gasteiger partial charge on any atom is 0.281 e. The van der Waals surface area contributed by atoms with Crippen LogP contribution < -0.4 is 4.80 Å². The number of amides is 1. The van der Waals surface area contributed by atoms with E-state index in [4.69, 9.17) is 39.5 Å². The average Bonchev–Trinajstić information content (AvgIpc) is 2.91. The lowest BCUT2D eigenvalue weighted by atomic mass is 10.2. The SMILES string of the molecule is CCOCCn1c(=NC(=O)c2ccc(Cl)cc2Cl)sc2cc(Cl)ccc21. The molecule has 0 unspecified atom stereocenters. The van der Waals surface area contributed by atoms with Crippen LogP contribution in [-0.4, -0.2) is 23.7 Å². The van der Waals surface area contributed by atoms with Gasteiger partial charge in [0.25, 0.3) is 5.91 Å². The minimum absolute atomic E-state index is 0.274. The van der Waals surface area contributed by atoms with E-state index in [0.29, 0.717) is 40.2 Å². The largest absolute Gasteiger partial charge is 0.380 e. The highest BCUT2D eigenvalue weighted by atomic mass is 35.5. The number of ether oxygens (including phenoxy) is 1. The first kappa shape index (κ1) is 19.4. The maximum absolute atomic E-state index is 12.6. The highest BCUT2D eigenvalue weighted by Gasteiger charge is 2.12. The summed E-state index contributed by atoms with van der Waals surface area (Å²) in [6, 6.07) is 10.3. The highest BCUT2D eigenvalue weighted by molar-refractivity contribution is 7.16. The number of hydrogen-bond acceptors (Lipinski definition) is 3. The van der Waals surface area contributed by atoms with E-state index in [0.717, 1.165) is 10.2 Å². The Labute approximate surface area is 169 Å². The lowest BCUT2D eigenvalue weighted by Crippen LogP contribution is -2.19. The first-order chi connectivity index (χ1) is 12.5. The number of benzene rings is 2. The molecule has 0 N–H and O–H groups in total. The van der Waals surface area contributed by atoms with Gasteiger partial charge < -0.3 is 9.30 Å². The van der Waals surface area contributed by atoms with Gasteiger partial charge in [-0.2, -0.15) is 4.99 Å². The van der Waals surface area contributed by atoms with Crippen LogP contribution in [0.5, 0.6) is 0 Å². The van der Waals surface area contributed by atoms with Crippen LogP contribution in [0.25, 0.3) is 10.2 Å². The molecule has 0 fully saturated rings. The molecule has 0 saturated carbocycles. The molecular weight excluding hydrogens is 415 g/mol. The van der Waals surface area contributed by atoms with Crippen LogP contribution in [0.1, 0.15) is 17.3 Å². The molecule has 1 heterocycles. The van der Waals surface area contributed by atoms with E-state index in [1.165, 1.54) is 17.4 Å². The second-order valence-corrected chi connectivity index (χ2v) is 7.68. The fourth-order valence-electron chi connectivity index (χ4n) is 2.46. The Bertz CT molecular complexity index is 1030. The summed E-state index contributed by atoms with van der Waals surface area (Å²) in [7, 11) is 0. The van der Waals surface area contributed by atoms with Crippen molar-refractivity contribution in [2.24, 2.45) is 4.99 Å². The first-order valence-electron chi connectivity index (χ1n) is 7.90. The van der Waals surface area contributed by atoms with E-state index in [9.17, 15) is 4.79 Å². The van der Waals surface area contributed by atoms with Gasteiger partial charge in [-0.1, -0.05) is 46.1 Å². The minimum Gasteiger partial charge on any atom is -0.380 e. The molecule has 0 radical (unpaired) electrons. The summed E-state index contributed by atoms with van der Waals surface area (Å²) in [4.78, 5) is 17.5. The van der Waals surface area contributed by atoms with Gasteiger partial charge in [0.2, 0.25) is 0 Å². The van der Waals surface area contributed by atoms with Gasteiger partial charge in [0.05, 0.1) is 27.4 Å². The monoisotopic (exact) mass is 428 g/mol. The normalized spacial score (nSPS) is 12.1. The summed E-state index contributed by atoms with van der Waals surface area (Å²) >= 11 is 19.5. The molecule has 1 amide bonds. The van der Waals surface area contributed by atoms with Crippen molar-refractivity contribution in [3.05, 3.63) is 61.8 Å². The second-order valence-electron chi connectivity index (χ2n) is 5.39. The van der Waals surface area contributed by atoms with Crippen LogP contribution in [0.3, 0.4) is 0 Å². The lowest BCUT2D eigenvalue weighted by Gasteiger charge is -2.05. The van der Waals surface area contributed by atoms with Crippen molar-refractivity contribution in [1.82, 2.24) is 4.57 Å². The highest BCUT2D eigenvalue weighted by Crippen LogP contribution is 2.23. The molecule has 26 heavy (non-hydrogen) atoms. The Morgan fingerprint density at radius 1 is 1.15 bits per heavy atom. The molecule has 3 rings (SSSR count). The van der Waals surface area contributed by atoms with Crippen LogP contribution in [0.15, 0.2) is 41.4 Å². The topological polar surface area (TPSA) is 43.6 Å². The van der Waals surface area contributed by atoms with E-state index in [1.54, 1.807) is 12.1 Å². The van der Waals surface area contributed by atoms with Crippen LogP contribution in [-0.2, 0) is 11.3 Å². The molecule has 2 aromatic carbocycles. The standard InChI is InChI=1S/C18H15Cl3N2O2S/c1-2-25-8-7-23-15-6-4-12(20)10-16(15)26-18(23)22-17(24)13-5-3-11(19)9-14(13)21/h3-6,9-10H,2,7-8H2,1H3. The van der Waals surface area contributed by atoms with Crippen molar-refractivity contribution in [3.8, 4) is 0 Å². The van der Waals surface area contributed by atoms with Crippen LogP contribution in [0, 0.1) is 0 Å². The third-order valence-corrected chi connectivity index (χ3v) is 5.49. The Morgan fingerprint density at radius 2 is 1.88 bits per heavy atom. The number of rotatable bonds is 5. The molecule has 0 spiro atoms. The van der Waals surface area contributed by atoms with Gasteiger partial charge in [-0.3, -0.25) is 4.79 Å². The molecule has 0 aliphatic carbocycles. The molecule has 3 aromatic rings. The Kier molecular flexibility index (Phi) is 6.37. The van der Waals surface area contributed by atoms with Gasteiger partial charge in [0, 0.05) is 23.2 Å². The molecule has 136 valence electrons. The summed E-state index contributed by atoms with van der Waals surface area (Å²) in [5.41, 5.74) is 1.26. The van der Waals surface area contributed by atoms with Gasteiger partial charge in [-0.05, 0) is 43.3 Å². The Morgan fingerprint density at radius 3 is 2.62 bits per heavy atom. The molecule has 1 aromatic heterocycles. The van der Waals surface area contributed by atoms with Crippen molar-refractivity contribution in [2.45, 2.75) is 13.5 Å². The van der Waals surface area contributed by atoms with E-state index < -0.39 is 5.91 Å². The fourth-order valence-corrected chi connectivity index (χ4v) is 4.28. The second kappa shape index (κ2) is 8.55. The predicted octanol–water partition coefficient (Wildman–Crippen LogP) is 5.44. The molecule has 0 aliphatic heterocycles. The molecule has 0 bridgehead atoms. The number of hydrogen-bond donors (Lipinski definition) is 0. The minimum atomic E-state index is -0.422. The van der Waals surface area contributed by atoms with Crippen molar-refractivity contribution in [1.29, 1.82) is 0 Å². The number of carbonyl (C=O) groups is 1. The zero-order valence-electron chi connectivity index (χ0n) is 13.8. The average molecular weight is 430 g/mol. The number of fused-ring (bicyclic) bond motifs is 1. The zero-order chi connectivity index (χ0) is 18.7. The summed E-state index contributed by atoms with van der Waals surface area (Å²) < 4.78 is 8.35. The fraction of sp³-hybridized carbons (Fsp3) is 0.222. The zero-order valence-corrected chi connectivity index (χ0v) is 16.9. The van der Waals surface area contributed by atoms with E-state index in [2.05, 4.69) is 4.99 Å². The number of thiazole rings is 1. The van der Waals surface area contributed by atoms with Crippen LogP contribution in [0.2, 0.25) is 15.1 Å². The quantitative estimate of drug-likeness (QED) is 0.507. The van der Waals surface area contributed by atoms with Crippen molar-refractivity contribution in [2.75, 3.05) is 13.2 Å². The lowest BCUT2D eigenvalue weighted by molar-refractivity contribution is 0.0997. The van der Waals surface area contributed by atoms with Gasteiger partial charge in [-0.25, -0.2) is 0 Å². The molecule has 0 aliphatic rings. The summed E-state index contributed by atoms with van der Waals surface area (Å²) in [5.74, 6) is -0.422. The third kappa shape index (κ3) is 4.30. The maximum atomic E-state index is 12.6. The van der Waals surface area contributed by atoms with Gasteiger partial charge in [0.1, 0.15) is 0 Å². The van der Waals surface area contributed by atoms with Crippen molar-refractivity contribution in [3.63, 3.8) is 0 Å². The molecule has 0 saturated heterocycles. The summed E-state index contributed by atoms with van der Waals surface area (Å²) in [6.45, 7) is 3.66. The van der Waals surface area contributed by atoms with Gasteiger partial charge in [-0.15, -0.1) is 0 Å².